The van der Waals surface area contributed by atoms with Gasteiger partial charge in [0.25, 0.3) is 0 Å². The van der Waals surface area contributed by atoms with E-state index in [0.717, 1.165) is 11.1 Å². The zero-order valence-electron chi connectivity index (χ0n) is 32.3. The first-order valence-corrected chi connectivity index (χ1v) is 21.7. The topological polar surface area (TPSA) is 156 Å². The molecule has 0 saturated heterocycles. The van der Waals surface area contributed by atoms with E-state index in [4.69, 9.17) is 0 Å². The van der Waals surface area contributed by atoms with Gasteiger partial charge in [0.1, 0.15) is 0 Å². The monoisotopic (exact) mass is 818 g/mol. The van der Waals surface area contributed by atoms with Crippen LogP contribution in [0, 0.1) is 13.8 Å². The second kappa shape index (κ2) is 17.1. The molecule has 8 bridgehead atoms. The van der Waals surface area contributed by atoms with Gasteiger partial charge in [-0.3, -0.25) is 0 Å². The number of aliphatic hydroxyl groups is 4. The third-order valence-corrected chi connectivity index (χ3v) is 14.0. The lowest BCUT2D eigenvalue weighted by molar-refractivity contribution is 0.281. The van der Waals surface area contributed by atoms with Gasteiger partial charge >= 0.3 is 0 Å². The molecule has 0 aromatic heterocycles. The number of hydrogen-bond acceptors (Lipinski definition) is 8. The van der Waals surface area contributed by atoms with Crippen molar-refractivity contribution in [2.24, 2.45) is 0 Å². The summed E-state index contributed by atoms with van der Waals surface area (Å²) in [6, 6.07) is 34.9. The van der Waals surface area contributed by atoms with E-state index in [9.17, 15) is 37.3 Å². The van der Waals surface area contributed by atoms with Crippen LogP contribution < -0.4 is 0 Å². The summed E-state index contributed by atoms with van der Waals surface area (Å²) in [5, 5.41) is 41.7. The number of sulfonamides is 2. The van der Waals surface area contributed by atoms with Crippen molar-refractivity contribution in [2.45, 2.75) is 76.2 Å². The van der Waals surface area contributed by atoms with Gasteiger partial charge in [-0.2, -0.15) is 8.61 Å². The lowest BCUT2D eigenvalue weighted by atomic mass is 9.95. The summed E-state index contributed by atoms with van der Waals surface area (Å²) in [6.07, 6.45) is 0. The van der Waals surface area contributed by atoms with Gasteiger partial charge in [-0.05, 0) is 153 Å². The Hall–Kier alpha value is -5.02. The van der Waals surface area contributed by atoms with Crippen LogP contribution in [0.25, 0.3) is 22.3 Å². The maximum absolute atomic E-state index is 14.5. The molecule has 6 aromatic rings. The normalized spacial score (nSPS) is 14.2. The van der Waals surface area contributed by atoms with Crippen molar-refractivity contribution in [3.8, 4) is 22.3 Å². The molecule has 0 atom stereocenters. The smallest absolute Gasteiger partial charge is 0.243 e. The highest BCUT2D eigenvalue weighted by atomic mass is 32.2. The SMILES string of the molecule is Cc1ccc(S(=O)(=O)N2Cc3cc(CO)cc(c3)-c3cc(CO)cc(c3)CN(S(=O)(=O)c3ccc(C)cc3)Cc3cc(CO)cc(c3)-c3cc(CO)cc(c3)C2)cc1. The fraction of sp³-hybridized carbons (Fsp3) is 0.217. The van der Waals surface area contributed by atoms with Gasteiger partial charge in [0.2, 0.25) is 20.0 Å². The molecule has 10 nitrogen and oxygen atoms in total. The number of aliphatic hydroxyl groups excluding tert-OH is 4. The summed E-state index contributed by atoms with van der Waals surface area (Å²) in [5.74, 6) is 0. The van der Waals surface area contributed by atoms with E-state index in [2.05, 4.69) is 0 Å². The van der Waals surface area contributed by atoms with E-state index in [1.165, 1.54) is 8.61 Å². The van der Waals surface area contributed by atoms with Crippen LogP contribution in [-0.2, 0) is 72.7 Å². The molecule has 0 saturated carbocycles. The van der Waals surface area contributed by atoms with Gasteiger partial charge in [-0.1, -0.05) is 59.7 Å². The Labute approximate surface area is 340 Å². The fourth-order valence-corrected chi connectivity index (χ4v) is 10.3. The molecule has 0 amide bonds. The van der Waals surface area contributed by atoms with Crippen molar-refractivity contribution in [2.75, 3.05) is 0 Å². The first kappa shape index (κ1) is 41.2. The molecular weight excluding hydrogens is 773 g/mol. The molecule has 0 unspecified atom stereocenters. The Bertz CT molecular complexity index is 2380. The molecule has 12 heteroatoms. The third-order valence-electron chi connectivity index (χ3n) is 10.4. The number of rotatable bonds is 8. The molecule has 58 heavy (non-hydrogen) atoms. The van der Waals surface area contributed by atoms with Crippen molar-refractivity contribution in [3.05, 3.63) is 177 Å². The van der Waals surface area contributed by atoms with Gasteiger partial charge in [-0.15, -0.1) is 0 Å². The standard InChI is InChI=1S/C46H46N2O8S2/c1-31-3-7-45(8-4-31)57(53,54)47-23-33-11-37(27-49)19-41(15-33)43-17-35(13-39(21-43)29-51)25-48(58(55,56)46-9-5-32(2)6-10-46)26-36-14-40(30-52)22-44(18-36)42-16-34(24-47)12-38(20-42)28-50/h3-22,49-52H,23-30H2,1-2H3. The summed E-state index contributed by atoms with van der Waals surface area (Å²) in [7, 11) is -8.21. The number of aryl methyl sites for hydroxylation is 2. The van der Waals surface area contributed by atoms with E-state index in [1.807, 2.05) is 38.1 Å². The molecule has 7 rings (SSSR count). The molecule has 6 aromatic carbocycles. The van der Waals surface area contributed by atoms with Gasteiger partial charge in [0.15, 0.2) is 0 Å². The zero-order valence-corrected chi connectivity index (χ0v) is 34.0. The van der Waals surface area contributed by atoms with Gasteiger partial charge in [0, 0.05) is 26.2 Å². The minimum Gasteiger partial charge on any atom is -0.392 e. The second-order valence-corrected chi connectivity index (χ2v) is 18.8. The Morgan fingerprint density at radius 2 is 0.638 bits per heavy atom. The van der Waals surface area contributed by atoms with Crippen LogP contribution in [0.4, 0.5) is 0 Å². The number of fused-ring (bicyclic) bond motifs is 10. The third kappa shape index (κ3) is 9.00. The minimum absolute atomic E-state index is 0.0744. The van der Waals surface area contributed by atoms with E-state index in [0.29, 0.717) is 66.8 Å². The molecule has 0 fully saturated rings. The lowest BCUT2D eigenvalue weighted by Gasteiger charge is -2.25. The molecule has 1 aliphatic rings. The van der Waals surface area contributed by atoms with Gasteiger partial charge in [0.05, 0.1) is 36.2 Å². The zero-order chi connectivity index (χ0) is 41.2. The fourth-order valence-electron chi connectivity index (χ4n) is 7.43. The summed E-state index contributed by atoms with van der Waals surface area (Å²) in [5.41, 5.74) is 8.92. The summed E-state index contributed by atoms with van der Waals surface area (Å²) < 4.78 is 60.8. The Morgan fingerprint density at radius 1 is 0.397 bits per heavy atom. The highest BCUT2D eigenvalue weighted by Gasteiger charge is 2.28. The summed E-state index contributed by atoms with van der Waals surface area (Å²) >= 11 is 0. The van der Waals surface area contributed by atoms with Crippen LogP contribution in [0.15, 0.2) is 131 Å². The van der Waals surface area contributed by atoms with Gasteiger partial charge in [-0.25, -0.2) is 16.8 Å². The second-order valence-electron chi connectivity index (χ2n) is 15.0. The van der Waals surface area contributed by atoms with Crippen LogP contribution in [0.5, 0.6) is 0 Å². The van der Waals surface area contributed by atoms with E-state index in [-0.39, 0.29) is 62.4 Å². The van der Waals surface area contributed by atoms with Crippen molar-refractivity contribution in [3.63, 3.8) is 0 Å². The molecular formula is C46H46N2O8S2. The number of hydrogen-bond donors (Lipinski definition) is 4. The molecule has 0 spiro atoms. The van der Waals surface area contributed by atoms with Crippen molar-refractivity contribution < 1.29 is 37.3 Å². The molecule has 4 N–H and O–H groups in total. The lowest BCUT2D eigenvalue weighted by Crippen LogP contribution is -2.30. The van der Waals surface area contributed by atoms with Crippen LogP contribution >= 0.6 is 0 Å². The number of benzene rings is 6. The highest BCUT2D eigenvalue weighted by molar-refractivity contribution is 7.89. The van der Waals surface area contributed by atoms with Crippen LogP contribution in [0.2, 0.25) is 0 Å². The average molecular weight is 819 g/mol. The summed E-state index contributed by atoms with van der Waals surface area (Å²) in [4.78, 5) is 0.228. The van der Waals surface area contributed by atoms with E-state index in [1.54, 1.807) is 97.1 Å². The van der Waals surface area contributed by atoms with Gasteiger partial charge < -0.3 is 20.4 Å². The maximum atomic E-state index is 14.5. The molecule has 0 radical (unpaired) electrons. The van der Waals surface area contributed by atoms with E-state index >= 15 is 0 Å². The average Bonchev–Trinajstić information content (AvgIpc) is 3.22. The van der Waals surface area contributed by atoms with Crippen molar-refractivity contribution in [1.82, 2.24) is 8.61 Å². The molecule has 1 aliphatic heterocycles. The van der Waals surface area contributed by atoms with Crippen molar-refractivity contribution in [1.29, 1.82) is 0 Å². The van der Waals surface area contributed by atoms with Crippen molar-refractivity contribution >= 4 is 20.0 Å². The predicted molar refractivity (Wildman–Crippen MR) is 223 cm³/mol. The summed E-state index contributed by atoms with van der Waals surface area (Å²) in [6.45, 7) is 2.17. The Kier molecular flexibility index (Phi) is 12.1. The highest BCUT2D eigenvalue weighted by Crippen LogP contribution is 2.33. The van der Waals surface area contributed by atoms with Crippen LogP contribution in [-0.4, -0.2) is 45.9 Å². The molecule has 0 aliphatic carbocycles. The number of nitrogens with zero attached hydrogens (tertiary/aromatic N) is 2. The van der Waals surface area contributed by atoms with E-state index < -0.39 is 20.0 Å². The van der Waals surface area contributed by atoms with Crippen LogP contribution in [0.1, 0.15) is 55.6 Å². The molecule has 300 valence electrons. The minimum atomic E-state index is -4.10. The first-order valence-electron chi connectivity index (χ1n) is 18.9. The maximum Gasteiger partial charge on any atom is 0.243 e. The Morgan fingerprint density at radius 3 is 0.862 bits per heavy atom. The Balaban J connectivity index is 1.47. The molecule has 1 heterocycles. The van der Waals surface area contributed by atoms with Crippen LogP contribution in [0.3, 0.4) is 0 Å². The first-order chi connectivity index (χ1) is 27.8. The largest absolute Gasteiger partial charge is 0.392 e. The quantitative estimate of drug-likeness (QED) is 0.132. The predicted octanol–water partition coefficient (Wildman–Crippen LogP) is 6.70.